The van der Waals surface area contributed by atoms with Gasteiger partial charge in [-0.15, -0.1) is 0 Å². The standard InChI is InChI=1S/C23H24ClN3O3/c24-20-7-2-1-6-17(20)15-27-22(29)18-9-8-16(14-19(18)23(27)30)21(28)25-10-5-13-26-11-3-4-12-26/h1-2,6-9,14H,3-5,10-13,15H2,(H,25,28). The molecule has 6 nitrogen and oxygen atoms in total. The van der Waals surface area contributed by atoms with Gasteiger partial charge < -0.3 is 10.2 Å². The van der Waals surface area contributed by atoms with Gasteiger partial charge in [0, 0.05) is 17.1 Å². The van der Waals surface area contributed by atoms with Crippen LogP contribution in [0.5, 0.6) is 0 Å². The first kappa shape index (κ1) is 20.6. The zero-order valence-electron chi connectivity index (χ0n) is 16.7. The Morgan fingerprint density at radius 1 is 1.00 bits per heavy atom. The third-order valence-electron chi connectivity index (χ3n) is 5.65. The van der Waals surface area contributed by atoms with E-state index in [4.69, 9.17) is 11.6 Å². The smallest absolute Gasteiger partial charge is 0.261 e. The summed E-state index contributed by atoms with van der Waals surface area (Å²) in [5.74, 6) is -1.00. The molecular weight excluding hydrogens is 402 g/mol. The number of hydrogen-bond donors (Lipinski definition) is 1. The monoisotopic (exact) mass is 425 g/mol. The van der Waals surface area contributed by atoms with Crippen molar-refractivity contribution in [3.63, 3.8) is 0 Å². The van der Waals surface area contributed by atoms with Gasteiger partial charge in [0.2, 0.25) is 0 Å². The molecule has 2 aliphatic heterocycles. The molecule has 0 aliphatic carbocycles. The molecule has 0 radical (unpaired) electrons. The summed E-state index contributed by atoms with van der Waals surface area (Å²) in [6.07, 6.45) is 3.39. The molecule has 0 spiro atoms. The number of rotatable bonds is 7. The minimum Gasteiger partial charge on any atom is -0.352 e. The lowest BCUT2D eigenvalue weighted by molar-refractivity contribution is 0.0642. The number of halogens is 1. The van der Waals surface area contributed by atoms with Crippen LogP contribution >= 0.6 is 11.6 Å². The van der Waals surface area contributed by atoms with Gasteiger partial charge in [-0.25, -0.2) is 0 Å². The van der Waals surface area contributed by atoms with Crippen LogP contribution in [0.3, 0.4) is 0 Å². The zero-order chi connectivity index (χ0) is 21.1. The molecule has 1 saturated heterocycles. The Balaban J connectivity index is 1.39. The van der Waals surface area contributed by atoms with Crippen LogP contribution in [-0.4, -0.2) is 53.7 Å². The average Bonchev–Trinajstić information content (AvgIpc) is 3.35. The van der Waals surface area contributed by atoms with Crippen LogP contribution < -0.4 is 5.32 Å². The van der Waals surface area contributed by atoms with E-state index in [0.29, 0.717) is 28.3 Å². The highest BCUT2D eigenvalue weighted by molar-refractivity contribution is 6.31. The highest BCUT2D eigenvalue weighted by Gasteiger charge is 2.36. The number of amides is 3. The van der Waals surface area contributed by atoms with Crippen molar-refractivity contribution in [1.29, 1.82) is 0 Å². The fraction of sp³-hybridized carbons (Fsp3) is 0.348. The second-order valence-corrected chi connectivity index (χ2v) is 8.11. The fourth-order valence-corrected chi connectivity index (χ4v) is 4.18. The number of carbonyl (C=O) groups is 3. The molecule has 2 aromatic carbocycles. The van der Waals surface area contributed by atoms with E-state index in [1.165, 1.54) is 23.8 Å². The van der Waals surface area contributed by atoms with Crippen LogP contribution in [0.2, 0.25) is 5.02 Å². The highest BCUT2D eigenvalue weighted by atomic mass is 35.5. The van der Waals surface area contributed by atoms with Crippen LogP contribution in [0.1, 0.15) is 55.9 Å². The second-order valence-electron chi connectivity index (χ2n) is 7.71. The summed E-state index contributed by atoms with van der Waals surface area (Å²) in [5.41, 5.74) is 1.66. The quantitative estimate of drug-likeness (QED) is 0.545. The average molecular weight is 426 g/mol. The predicted octanol–water partition coefficient (Wildman–Crippen LogP) is 3.35. The Hall–Kier alpha value is -2.70. The molecule has 1 fully saturated rings. The summed E-state index contributed by atoms with van der Waals surface area (Å²) in [6, 6.07) is 11.8. The van der Waals surface area contributed by atoms with Gasteiger partial charge in [-0.3, -0.25) is 19.3 Å². The molecule has 2 heterocycles. The van der Waals surface area contributed by atoms with Crippen LogP contribution in [0.15, 0.2) is 42.5 Å². The van der Waals surface area contributed by atoms with Gasteiger partial charge in [-0.2, -0.15) is 0 Å². The molecule has 3 amide bonds. The van der Waals surface area contributed by atoms with Gasteiger partial charge in [0.1, 0.15) is 0 Å². The van der Waals surface area contributed by atoms with E-state index < -0.39 is 5.91 Å². The lowest BCUT2D eigenvalue weighted by Crippen LogP contribution is -2.29. The number of nitrogens with one attached hydrogen (secondary N) is 1. The Kier molecular flexibility index (Phi) is 6.16. The third-order valence-corrected chi connectivity index (χ3v) is 6.02. The number of imide groups is 1. The highest BCUT2D eigenvalue weighted by Crippen LogP contribution is 2.27. The largest absolute Gasteiger partial charge is 0.352 e. The van der Waals surface area contributed by atoms with E-state index in [-0.39, 0.29) is 23.9 Å². The molecule has 2 aromatic rings. The van der Waals surface area contributed by atoms with Crippen molar-refractivity contribution in [1.82, 2.24) is 15.1 Å². The molecule has 156 valence electrons. The number of nitrogens with zero attached hydrogens (tertiary/aromatic N) is 2. The molecular formula is C23H24ClN3O3. The number of hydrogen-bond acceptors (Lipinski definition) is 4. The minimum atomic E-state index is -0.404. The van der Waals surface area contributed by atoms with Crippen LogP contribution in [0, 0.1) is 0 Å². The van der Waals surface area contributed by atoms with E-state index in [1.54, 1.807) is 30.3 Å². The fourth-order valence-electron chi connectivity index (χ4n) is 3.99. The first-order valence-electron chi connectivity index (χ1n) is 10.3. The lowest BCUT2D eigenvalue weighted by Gasteiger charge is -2.14. The van der Waals surface area contributed by atoms with Crippen molar-refractivity contribution in [3.05, 3.63) is 69.7 Å². The summed E-state index contributed by atoms with van der Waals surface area (Å²) in [6.45, 7) is 3.94. The number of fused-ring (bicyclic) bond motifs is 1. The number of likely N-dealkylation sites (tertiary alicyclic amines) is 1. The predicted molar refractivity (Wildman–Crippen MR) is 115 cm³/mol. The topological polar surface area (TPSA) is 69.7 Å². The molecule has 0 aromatic heterocycles. The van der Waals surface area contributed by atoms with E-state index in [2.05, 4.69) is 10.2 Å². The van der Waals surface area contributed by atoms with Gasteiger partial charge in [0.15, 0.2) is 0 Å². The summed E-state index contributed by atoms with van der Waals surface area (Å²) in [4.78, 5) is 41.6. The Labute approximate surface area is 180 Å². The first-order chi connectivity index (χ1) is 14.5. The minimum absolute atomic E-state index is 0.101. The maximum absolute atomic E-state index is 12.8. The molecule has 1 N–H and O–H groups in total. The summed E-state index contributed by atoms with van der Waals surface area (Å²) < 4.78 is 0. The van der Waals surface area contributed by atoms with Gasteiger partial charge in [0.25, 0.3) is 17.7 Å². The van der Waals surface area contributed by atoms with Gasteiger partial charge >= 0.3 is 0 Å². The normalized spacial score (nSPS) is 16.2. The molecule has 0 atom stereocenters. The zero-order valence-corrected chi connectivity index (χ0v) is 17.5. The molecule has 30 heavy (non-hydrogen) atoms. The summed E-state index contributed by atoms with van der Waals surface area (Å²) in [7, 11) is 0. The molecule has 0 saturated carbocycles. The third kappa shape index (κ3) is 4.25. The van der Waals surface area contributed by atoms with Crippen LogP contribution in [-0.2, 0) is 6.54 Å². The van der Waals surface area contributed by atoms with E-state index in [9.17, 15) is 14.4 Å². The maximum Gasteiger partial charge on any atom is 0.261 e. The lowest BCUT2D eigenvalue weighted by atomic mass is 10.1. The van der Waals surface area contributed by atoms with Crippen molar-refractivity contribution in [2.24, 2.45) is 0 Å². The molecule has 0 unspecified atom stereocenters. The van der Waals surface area contributed by atoms with Crippen LogP contribution in [0.4, 0.5) is 0 Å². The van der Waals surface area contributed by atoms with Crippen molar-refractivity contribution < 1.29 is 14.4 Å². The van der Waals surface area contributed by atoms with Crippen molar-refractivity contribution in [2.75, 3.05) is 26.2 Å². The Morgan fingerprint density at radius 2 is 1.73 bits per heavy atom. The van der Waals surface area contributed by atoms with Crippen LogP contribution in [0.25, 0.3) is 0 Å². The van der Waals surface area contributed by atoms with Gasteiger partial charge in [0.05, 0.1) is 17.7 Å². The van der Waals surface area contributed by atoms with E-state index >= 15 is 0 Å². The molecule has 4 rings (SSSR count). The summed E-state index contributed by atoms with van der Waals surface area (Å²) >= 11 is 6.17. The Morgan fingerprint density at radius 3 is 2.50 bits per heavy atom. The number of carbonyl (C=O) groups excluding carboxylic acids is 3. The SMILES string of the molecule is O=C(NCCCN1CCCC1)c1ccc2c(c1)C(=O)N(Cc1ccccc1Cl)C2=O. The maximum atomic E-state index is 12.8. The molecule has 0 bridgehead atoms. The van der Waals surface area contributed by atoms with E-state index in [1.807, 2.05) is 6.07 Å². The van der Waals surface area contributed by atoms with Gasteiger partial charge in [-0.1, -0.05) is 29.8 Å². The van der Waals surface area contributed by atoms with Gasteiger partial charge in [-0.05, 0) is 68.7 Å². The molecule has 2 aliphatic rings. The molecule has 7 heteroatoms. The van der Waals surface area contributed by atoms with Crippen molar-refractivity contribution >= 4 is 29.3 Å². The Bertz CT molecular complexity index is 985. The second kappa shape index (κ2) is 8.98. The summed E-state index contributed by atoms with van der Waals surface area (Å²) in [5, 5.41) is 3.41. The van der Waals surface area contributed by atoms with Crippen molar-refractivity contribution in [2.45, 2.75) is 25.8 Å². The van der Waals surface area contributed by atoms with Crippen molar-refractivity contribution in [3.8, 4) is 0 Å². The first-order valence-corrected chi connectivity index (χ1v) is 10.7. The van der Waals surface area contributed by atoms with E-state index in [0.717, 1.165) is 26.1 Å². The number of benzene rings is 2.